The predicted molar refractivity (Wildman–Crippen MR) is 125 cm³/mol. The summed E-state index contributed by atoms with van der Waals surface area (Å²) in [4.78, 5) is 26.2. The molecule has 0 atom stereocenters. The summed E-state index contributed by atoms with van der Waals surface area (Å²) >= 11 is 0. The van der Waals surface area contributed by atoms with E-state index in [1.54, 1.807) is 6.08 Å². The minimum atomic E-state index is 0.0584. The molecule has 1 aliphatic heterocycles. The first-order chi connectivity index (χ1) is 15.1. The lowest BCUT2D eigenvalue weighted by atomic mass is 10.0. The molecule has 1 fully saturated rings. The van der Waals surface area contributed by atoms with Crippen molar-refractivity contribution in [3.05, 3.63) is 94.9 Å². The maximum atomic E-state index is 12.6. The van der Waals surface area contributed by atoms with Crippen molar-refractivity contribution < 1.29 is 4.79 Å². The molecule has 31 heavy (non-hydrogen) atoms. The summed E-state index contributed by atoms with van der Waals surface area (Å²) in [7, 11) is 0. The Bertz CT molecular complexity index is 1060. The van der Waals surface area contributed by atoms with Crippen LogP contribution in [0.25, 0.3) is 6.08 Å². The molecule has 0 radical (unpaired) electrons. The minimum Gasteiger partial charge on any atom is -0.353 e. The third-order valence-electron chi connectivity index (χ3n) is 5.64. The molecule has 1 aliphatic rings. The normalized spacial score (nSPS) is 14.3. The van der Waals surface area contributed by atoms with Crippen molar-refractivity contribution >= 4 is 17.8 Å². The van der Waals surface area contributed by atoms with Gasteiger partial charge in [0, 0.05) is 49.9 Å². The van der Waals surface area contributed by atoms with E-state index < -0.39 is 0 Å². The van der Waals surface area contributed by atoms with Crippen LogP contribution in [-0.4, -0.2) is 47.0 Å². The molecule has 0 N–H and O–H groups in total. The molecule has 158 valence electrons. The van der Waals surface area contributed by atoms with Gasteiger partial charge in [0.2, 0.25) is 5.91 Å². The van der Waals surface area contributed by atoms with Gasteiger partial charge in [-0.25, -0.2) is 9.97 Å². The van der Waals surface area contributed by atoms with E-state index in [2.05, 4.69) is 41.1 Å². The van der Waals surface area contributed by atoms with Crippen molar-refractivity contribution in [2.45, 2.75) is 20.3 Å². The molecule has 1 saturated heterocycles. The number of carbonyl (C=O) groups is 1. The van der Waals surface area contributed by atoms with E-state index in [4.69, 9.17) is 4.98 Å². The molecule has 2 aromatic carbocycles. The van der Waals surface area contributed by atoms with Crippen LogP contribution >= 0.6 is 0 Å². The number of aromatic nitrogens is 2. The van der Waals surface area contributed by atoms with Crippen molar-refractivity contribution in [1.82, 2.24) is 14.9 Å². The maximum absolute atomic E-state index is 12.6. The van der Waals surface area contributed by atoms with Crippen molar-refractivity contribution in [2.24, 2.45) is 0 Å². The highest BCUT2D eigenvalue weighted by molar-refractivity contribution is 5.92. The summed E-state index contributed by atoms with van der Waals surface area (Å²) < 4.78 is 0. The lowest BCUT2D eigenvalue weighted by Crippen LogP contribution is -2.49. The van der Waals surface area contributed by atoms with Crippen LogP contribution in [0.3, 0.4) is 0 Å². The summed E-state index contributed by atoms with van der Waals surface area (Å²) in [5, 5.41) is 0. The minimum absolute atomic E-state index is 0.0584. The highest BCUT2D eigenvalue weighted by Crippen LogP contribution is 2.25. The Labute approximate surface area is 184 Å². The van der Waals surface area contributed by atoms with Gasteiger partial charge in [-0.1, -0.05) is 60.7 Å². The molecule has 4 rings (SSSR count). The molecule has 2 heterocycles. The molecule has 3 aromatic rings. The Kier molecular flexibility index (Phi) is 6.41. The van der Waals surface area contributed by atoms with Gasteiger partial charge in [-0.3, -0.25) is 4.79 Å². The largest absolute Gasteiger partial charge is 0.353 e. The quantitative estimate of drug-likeness (QED) is 0.594. The Morgan fingerprint density at radius 1 is 0.903 bits per heavy atom. The van der Waals surface area contributed by atoms with Crippen LogP contribution in [-0.2, 0) is 11.2 Å². The molecule has 5 nitrogen and oxygen atoms in total. The number of aryl methyl sites for hydroxylation is 2. The molecule has 0 bridgehead atoms. The topological polar surface area (TPSA) is 49.3 Å². The van der Waals surface area contributed by atoms with E-state index in [0.717, 1.165) is 42.4 Å². The van der Waals surface area contributed by atoms with Crippen LogP contribution in [0.15, 0.2) is 66.7 Å². The molecule has 0 spiro atoms. The molecule has 0 unspecified atom stereocenters. The number of hydrogen-bond acceptors (Lipinski definition) is 4. The molecule has 1 aromatic heterocycles. The summed E-state index contributed by atoms with van der Waals surface area (Å²) in [5.41, 5.74) is 4.47. The van der Waals surface area contributed by atoms with E-state index >= 15 is 0 Å². The van der Waals surface area contributed by atoms with E-state index in [1.807, 2.05) is 54.3 Å². The Hall–Kier alpha value is -3.47. The number of anilines is 1. The molecule has 1 amide bonds. The second kappa shape index (κ2) is 9.56. The number of rotatable bonds is 5. The van der Waals surface area contributed by atoms with Crippen molar-refractivity contribution in [3.63, 3.8) is 0 Å². The highest BCUT2D eigenvalue weighted by Gasteiger charge is 2.24. The Morgan fingerprint density at radius 2 is 1.55 bits per heavy atom. The van der Waals surface area contributed by atoms with Crippen LogP contribution in [0.5, 0.6) is 0 Å². The van der Waals surface area contributed by atoms with Crippen molar-refractivity contribution in [2.75, 3.05) is 31.1 Å². The fourth-order valence-corrected chi connectivity index (χ4v) is 3.96. The lowest BCUT2D eigenvalue weighted by Gasteiger charge is -2.36. The fourth-order valence-electron chi connectivity index (χ4n) is 3.96. The average Bonchev–Trinajstić information content (AvgIpc) is 2.80. The third kappa shape index (κ3) is 5.18. The number of carbonyl (C=O) groups excluding carboxylic acids is 1. The molecule has 0 aliphatic carbocycles. The van der Waals surface area contributed by atoms with E-state index in [9.17, 15) is 4.79 Å². The number of benzene rings is 2. The van der Waals surface area contributed by atoms with Gasteiger partial charge in [0.25, 0.3) is 0 Å². The standard InChI is InChI=1S/C26H28N4O/c1-20-24(19-23-11-7-4-8-12-23)26(28-21(2)27-20)30-17-15-29(16-18-30)25(31)14-13-22-9-5-3-6-10-22/h3-14H,15-19H2,1-2H3. The van der Waals surface area contributed by atoms with Crippen molar-refractivity contribution in [1.29, 1.82) is 0 Å². The summed E-state index contributed by atoms with van der Waals surface area (Å²) in [6, 6.07) is 20.3. The fraction of sp³-hybridized carbons (Fsp3) is 0.269. The lowest BCUT2D eigenvalue weighted by molar-refractivity contribution is -0.126. The van der Waals surface area contributed by atoms with Crippen LogP contribution < -0.4 is 4.90 Å². The maximum Gasteiger partial charge on any atom is 0.246 e. The van der Waals surface area contributed by atoms with Gasteiger partial charge >= 0.3 is 0 Å². The second-order valence-corrected chi connectivity index (χ2v) is 7.88. The third-order valence-corrected chi connectivity index (χ3v) is 5.64. The highest BCUT2D eigenvalue weighted by atomic mass is 16.2. The molecule has 0 saturated carbocycles. The molecular formula is C26H28N4O. The number of piperazine rings is 1. The Balaban J connectivity index is 1.46. The predicted octanol–water partition coefficient (Wildman–Crippen LogP) is 4.05. The summed E-state index contributed by atoms with van der Waals surface area (Å²) in [5.74, 6) is 1.84. The zero-order valence-electron chi connectivity index (χ0n) is 18.2. The zero-order chi connectivity index (χ0) is 21.6. The first-order valence-corrected chi connectivity index (χ1v) is 10.7. The van der Waals surface area contributed by atoms with Crippen molar-refractivity contribution in [3.8, 4) is 0 Å². The van der Waals surface area contributed by atoms with Gasteiger partial charge in [-0.2, -0.15) is 0 Å². The smallest absolute Gasteiger partial charge is 0.246 e. The van der Waals surface area contributed by atoms with Gasteiger partial charge < -0.3 is 9.80 Å². The number of nitrogens with zero attached hydrogens (tertiary/aromatic N) is 4. The Morgan fingerprint density at radius 3 is 2.23 bits per heavy atom. The summed E-state index contributed by atoms with van der Waals surface area (Å²) in [6.07, 6.45) is 4.36. The number of amides is 1. The average molecular weight is 413 g/mol. The first kappa shape index (κ1) is 20.8. The van der Waals surface area contributed by atoms with Crippen LogP contribution in [0, 0.1) is 13.8 Å². The van der Waals surface area contributed by atoms with E-state index in [0.29, 0.717) is 13.1 Å². The summed E-state index contributed by atoms with van der Waals surface area (Å²) in [6.45, 7) is 6.91. The second-order valence-electron chi connectivity index (χ2n) is 7.88. The zero-order valence-corrected chi connectivity index (χ0v) is 18.2. The monoisotopic (exact) mass is 412 g/mol. The molecular weight excluding hydrogens is 384 g/mol. The number of hydrogen-bond donors (Lipinski definition) is 0. The van der Waals surface area contributed by atoms with Gasteiger partial charge in [0.15, 0.2) is 0 Å². The van der Waals surface area contributed by atoms with E-state index in [-0.39, 0.29) is 5.91 Å². The van der Waals surface area contributed by atoms with Crippen LogP contribution in [0.2, 0.25) is 0 Å². The van der Waals surface area contributed by atoms with Gasteiger partial charge in [-0.15, -0.1) is 0 Å². The van der Waals surface area contributed by atoms with E-state index in [1.165, 1.54) is 11.1 Å². The van der Waals surface area contributed by atoms with Crippen LogP contribution in [0.1, 0.15) is 28.2 Å². The van der Waals surface area contributed by atoms with Gasteiger partial charge in [0.05, 0.1) is 0 Å². The van der Waals surface area contributed by atoms with Gasteiger partial charge in [0.1, 0.15) is 11.6 Å². The molecule has 5 heteroatoms. The van der Waals surface area contributed by atoms with Gasteiger partial charge in [-0.05, 0) is 31.1 Å². The van der Waals surface area contributed by atoms with Crippen LogP contribution in [0.4, 0.5) is 5.82 Å². The first-order valence-electron chi connectivity index (χ1n) is 10.7. The SMILES string of the molecule is Cc1nc(C)c(Cc2ccccc2)c(N2CCN(C(=O)C=Cc3ccccc3)CC2)n1.